The van der Waals surface area contributed by atoms with Crippen LogP contribution in [0, 0.1) is 11.6 Å². The fourth-order valence-electron chi connectivity index (χ4n) is 1.25. The van der Waals surface area contributed by atoms with Crippen molar-refractivity contribution in [1.82, 2.24) is 0 Å². The Morgan fingerprint density at radius 2 is 1.69 bits per heavy atom. The second-order valence-corrected chi connectivity index (χ2v) is 4.36. The fourth-order valence-corrected chi connectivity index (χ4v) is 2.18. The number of halogens is 2. The van der Waals surface area contributed by atoms with E-state index in [9.17, 15) is 8.78 Å². The lowest BCUT2D eigenvalue weighted by molar-refractivity contribution is 0.624. The molecule has 0 amide bonds. The van der Waals surface area contributed by atoms with E-state index in [-0.39, 0.29) is 11.6 Å². The number of benzene rings is 2. The highest BCUT2D eigenvalue weighted by atomic mass is 32.2. The van der Waals surface area contributed by atoms with Crippen molar-refractivity contribution >= 4 is 17.4 Å². The van der Waals surface area contributed by atoms with Gasteiger partial charge in [0, 0.05) is 15.5 Å². The Labute approximate surface area is 96.3 Å². The third-order valence-corrected chi connectivity index (χ3v) is 3.06. The van der Waals surface area contributed by atoms with Crippen molar-refractivity contribution in [3.05, 3.63) is 54.1 Å². The first-order valence-electron chi connectivity index (χ1n) is 4.63. The maximum atomic E-state index is 13.0. The summed E-state index contributed by atoms with van der Waals surface area (Å²) >= 11 is 1.24. The molecule has 82 valence electrons. The summed E-state index contributed by atoms with van der Waals surface area (Å²) < 4.78 is 25.9. The van der Waals surface area contributed by atoms with Gasteiger partial charge in [-0.2, -0.15) is 0 Å². The van der Waals surface area contributed by atoms with Crippen LogP contribution in [-0.4, -0.2) is 0 Å². The minimum absolute atomic E-state index is 0.319. The molecule has 0 aliphatic carbocycles. The van der Waals surface area contributed by atoms with E-state index >= 15 is 0 Å². The molecule has 0 unspecified atom stereocenters. The summed E-state index contributed by atoms with van der Waals surface area (Å²) in [5, 5.41) is 0. The molecule has 0 aliphatic rings. The molecule has 2 N–H and O–H groups in total. The molecule has 4 heteroatoms. The molecule has 0 fully saturated rings. The van der Waals surface area contributed by atoms with Gasteiger partial charge in [-0.15, -0.1) is 0 Å². The molecule has 2 aromatic carbocycles. The first kappa shape index (κ1) is 11.0. The number of nitrogen functional groups attached to an aromatic ring is 1. The molecule has 0 radical (unpaired) electrons. The third kappa shape index (κ3) is 2.52. The van der Waals surface area contributed by atoms with Crippen LogP contribution in [0.2, 0.25) is 0 Å². The summed E-state index contributed by atoms with van der Waals surface area (Å²) in [6.07, 6.45) is 0. The SMILES string of the molecule is Nc1ccc(F)cc1Sc1cccc(F)c1. The normalized spacial score (nSPS) is 10.4. The van der Waals surface area contributed by atoms with Gasteiger partial charge < -0.3 is 5.73 Å². The molecule has 0 saturated carbocycles. The molecule has 1 nitrogen and oxygen atoms in total. The van der Waals surface area contributed by atoms with Crippen LogP contribution < -0.4 is 5.73 Å². The molecule has 0 heterocycles. The Balaban J connectivity index is 2.30. The molecule has 2 rings (SSSR count). The zero-order valence-electron chi connectivity index (χ0n) is 8.28. The largest absolute Gasteiger partial charge is 0.398 e. The highest BCUT2D eigenvalue weighted by Crippen LogP contribution is 2.32. The summed E-state index contributed by atoms with van der Waals surface area (Å²) in [5.41, 5.74) is 6.18. The Hall–Kier alpha value is -1.55. The highest BCUT2D eigenvalue weighted by molar-refractivity contribution is 7.99. The van der Waals surface area contributed by atoms with E-state index in [1.807, 2.05) is 0 Å². The van der Waals surface area contributed by atoms with Crippen LogP contribution in [0.3, 0.4) is 0 Å². The average Bonchev–Trinajstić information content (AvgIpc) is 2.24. The summed E-state index contributed by atoms with van der Waals surface area (Å²) in [7, 11) is 0. The fraction of sp³-hybridized carbons (Fsp3) is 0. The van der Waals surface area contributed by atoms with E-state index in [1.54, 1.807) is 12.1 Å². The van der Waals surface area contributed by atoms with Crippen LogP contribution >= 0.6 is 11.8 Å². The molecule has 0 saturated heterocycles. The number of anilines is 1. The van der Waals surface area contributed by atoms with Crippen molar-refractivity contribution < 1.29 is 8.78 Å². The monoisotopic (exact) mass is 237 g/mol. The third-order valence-electron chi connectivity index (χ3n) is 2.00. The van der Waals surface area contributed by atoms with Gasteiger partial charge in [0.25, 0.3) is 0 Å². The standard InChI is InChI=1S/C12H9F2NS/c13-8-2-1-3-10(6-8)16-12-7-9(14)4-5-11(12)15/h1-7H,15H2. The second kappa shape index (κ2) is 4.53. The van der Waals surface area contributed by atoms with E-state index in [1.165, 1.54) is 42.1 Å². The molecule has 0 aliphatic heterocycles. The highest BCUT2D eigenvalue weighted by Gasteiger charge is 2.04. The van der Waals surface area contributed by atoms with Gasteiger partial charge in [0.1, 0.15) is 11.6 Å². The Morgan fingerprint density at radius 1 is 0.938 bits per heavy atom. The van der Waals surface area contributed by atoms with Crippen LogP contribution in [0.25, 0.3) is 0 Å². The lowest BCUT2D eigenvalue weighted by atomic mass is 10.3. The van der Waals surface area contributed by atoms with E-state index in [4.69, 9.17) is 5.73 Å². The van der Waals surface area contributed by atoms with E-state index in [2.05, 4.69) is 0 Å². The summed E-state index contributed by atoms with van der Waals surface area (Å²) in [6, 6.07) is 10.2. The van der Waals surface area contributed by atoms with Gasteiger partial charge in [-0.05, 0) is 36.4 Å². The predicted octanol–water partition coefficient (Wildman–Crippen LogP) is 3.70. The van der Waals surface area contributed by atoms with E-state index in [0.29, 0.717) is 15.5 Å². The number of hydrogen-bond acceptors (Lipinski definition) is 2. The molecule has 2 aromatic rings. The molecular formula is C12H9F2NS. The summed E-state index contributed by atoms with van der Waals surface area (Å²) in [6.45, 7) is 0. The van der Waals surface area contributed by atoms with Crippen molar-refractivity contribution in [3.8, 4) is 0 Å². The lowest BCUT2D eigenvalue weighted by Gasteiger charge is -2.05. The van der Waals surface area contributed by atoms with Gasteiger partial charge in [0.15, 0.2) is 0 Å². The number of nitrogens with two attached hydrogens (primary N) is 1. The molecule has 0 aromatic heterocycles. The van der Waals surface area contributed by atoms with Crippen molar-refractivity contribution in [2.45, 2.75) is 9.79 Å². The van der Waals surface area contributed by atoms with E-state index in [0.717, 1.165) is 0 Å². The molecule has 16 heavy (non-hydrogen) atoms. The topological polar surface area (TPSA) is 26.0 Å². The Morgan fingerprint density at radius 3 is 2.44 bits per heavy atom. The maximum Gasteiger partial charge on any atom is 0.124 e. The van der Waals surface area contributed by atoms with Gasteiger partial charge in [-0.25, -0.2) is 8.78 Å². The van der Waals surface area contributed by atoms with Gasteiger partial charge >= 0.3 is 0 Å². The van der Waals surface area contributed by atoms with Crippen molar-refractivity contribution in [3.63, 3.8) is 0 Å². The zero-order valence-corrected chi connectivity index (χ0v) is 9.10. The molecule has 0 spiro atoms. The van der Waals surface area contributed by atoms with Crippen LogP contribution in [0.5, 0.6) is 0 Å². The van der Waals surface area contributed by atoms with Crippen molar-refractivity contribution in [2.24, 2.45) is 0 Å². The second-order valence-electron chi connectivity index (χ2n) is 3.24. The number of hydrogen-bond donors (Lipinski definition) is 1. The first-order valence-corrected chi connectivity index (χ1v) is 5.45. The van der Waals surface area contributed by atoms with Crippen LogP contribution in [0.4, 0.5) is 14.5 Å². The van der Waals surface area contributed by atoms with Crippen molar-refractivity contribution in [1.29, 1.82) is 0 Å². The van der Waals surface area contributed by atoms with Gasteiger partial charge in [-0.1, -0.05) is 17.8 Å². The Kier molecular flexibility index (Phi) is 3.10. The lowest BCUT2D eigenvalue weighted by Crippen LogP contribution is -1.89. The quantitative estimate of drug-likeness (QED) is 0.806. The average molecular weight is 237 g/mol. The van der Waals surface area contributed by atoms with Gasteiger partial charge in [0.2, 0.25) is 0 Å². The molecule has 0 atom stereocenters. The van der Waals surface area contributed by atoms with Gasteiger partial charge in [-0.3, -0.25) is 0 Å². The van der Waals surface area contributed by atoms with Crippen molar-refractivity contribution in [2.75, 3.05) is 5.73 Å². The smallest absolute Gasteiger partial charge is 0.124 e. The summed E-state index contributed by atoms with van der Waals surface area (Å²) in [5.74, 6) is -0.673. The maximum absolute atomic E-state index is 13.0. The Bertz CT molecular complexity index is 514. The molecular weight excluding hydrogens is 228 g/mol. The first-order chi connectivity index (χ1) is 7.65. The minimum Gasteiger partial charge on any atom is -0.398 e. The van der Waals surface area contributed by atoms with Gasteiger partial charge in [0.05, 0.1) is 0 Å². The van der Waals surface area contributed by atoms with Crippen LogP contribution in [-0.2, 0) is 0 Å². The van der Waals surface area contributed by atoms with Crippen LogP contribution in [0.15, 0.2) is 52.3 Å². The zero-order chi connectivity index (χ0) is 11.5. The van der Waals surface area contributed by atoms with Crippen LogP contribution in [0.1, 0.15) is 0 Å². The summed E-state index contributed by atoms with van der Waals surface area (Å²) in [4.78, 5) is 1.28. The molecule has 0 bridgehead atoms. The predicted molar refractivity (Wildman–Crippen MR) is 61.3 cm³/mol. The van der Waals surface area contributed by atoms with E-state index < -0.39 is 0 Å². The number of rotatable bonds is 2. The minimum atomic E-state index is -0.354.